The first kappa shape index (κ1) is 17.1. The SMILES string of the molecule is O=[N+]([O-])c1cc([N+](=O)[O-])c(Nc2ccc(O)cc2)c(S(=O)(=O)O)c1. The molecule has 2 aromatic carbocycles. The van der Waals surface area contributed by atoms with Crippen LogP contribution in [-0.2, 0) is 10.1 Å². The predicted octanol–water partition coefficient (Wildman–Crippen LogP) is 2.20. The first-order chi connectivity index (χ1) is 11.1. The summed E-state index contributed by atoms with van der Waals surface area (Å²) in [5, 5.41) is 33.6. The van der Waals surface area contributed by atoms with Crippen LogP contribution in [0.2, 0.25) is 0 Å². The zero-order chi connectivity index (χ0) is 18.1. The van der Waals surface area contributed by atoms with Crippen molar-refractivity contribution in [3.63, 3.8) is 0 Å². The summed E-state index contributed by atoms with van der Waals surface area (Å²) in [4.78, 5) is 18.9. The number of hydrogen-bond donors (Lipinski definition) is 3. The number of hydrogen-bond acceptors (Lipinski definition) is 8. The van der Waals surface area contributed by atoms with Crippen molar-refractivity contribution in [2.45, 2.75) is 4.90 Å². The Labute approximate surface area is 134 Å². The minimum absolute atomic E-state index is 0.103. The summed E-state index contributed by atoms with van der Waals surface area (Å²) >= 11 is 0. The number of phenols is 1. The second-order valence-electron chi connectivity index (χ2n) is 4.50. The van der Waals surface area contributed by atoms with E-state index >= 15 is 0 Å². The smallest absolute Gasteiger partial charge is 0.300 e. The number of nitrogens with zero attached hydrogens (tertiary/aromatic N) is 2. The van der Waals surface area contributed by atoms with E-state index in [0.29, 0.717) is 12.1 Å². The van der Waals surface area contributed by atoms with E-state index in [0.717, 1.165) is 0 Å². The molecule has 126 valence electrons. The number of non-ortho nitro benzene ring substituents is 1. The fourth-order valence-electron chi connectivity index (χ4n) is 1.85. The van der Waals surface area contributed by atoms with Gasteiger partial charge >= 0.3 is 5.69 Å². The van der Waals surface area contributed by atoms with E-state index in [1.807, 2.05) is 0 Å². The Morgan fingerprint density at radius 1 is 1.00 bits per heavy atom. The Hall–Kier alpha value is -3.25. The molecule has 11 nitrogen and oxygen atoms in total. The van der Waals surface area contributed by atoms with Gasteiger partial charge in [0.2, 0.25) is 0 Å². The van der Waals surface area contributed by atoms with Gasteiger partial charge in [-0.25, -0.2) is 0 Å². The monoisotopic (exact) mass is 355 g/mol. The zero-order valence-electron chi connectivity index (χ0n) is 11.6. The van der Waals surface area contributed by atoms with Gasteiger partial charge in [-0.1, -0.05) is 0 Å². The van der Waals surface area contributed by atoms with Crippen LogP contribution < -0.4 is 5.32 Å². The van der Waals surface area contributed by atoms with E-state index in [4.69, 9.17) is 0 Å². The Bertz CT molecular complexity index is 924. The molecule has 3 N–H and O–H groups in total. The molecule has 0 radical (unpaired) electrons. The molecule has 0 spiro atoms. The van der Waals surface area contributed by atoms with Crippen molar-refractivity contribution in [2.24, 2.45) is 0 Å². The van der Waals surface area contributed by atoms with Crippen LogP contribution in [0.4, 0.5) is 22.7 Å². The molecule has 0 bridgehead atoms. The molecule has 0 aromatic heterocycles. The van der Waals surface area contributed by atoms with E-state index in [2.05, 4.69) is 5.32 Å². The molecular formula is C12H9N3O8S. The van der Waals surface area contributed by atoms with E-state index in [1.165, 1.54) is 24.3 Å². The third kappa shape index (κ3) is 3.56. The van der Waals surface area contributed by atoms with Crippen molar-refractivity contribution < 1.29 is 27.9 Å². The topological polar surface area (TPSA) is 173 Å². The molecule has 24 heavy (non-hydrogen) atoms. The molecule has 0 aliphatic heterocycles. The second-order valence-corrected chi connectivity index (χ2v) is 5.89. The van der Waals surface area contributed by atoms with Crippen LogP contribution in [0, 0.1) is 20.2 Å². The molecule has 0 atom stereocenters. The highest BCUT2D eigenvalue weighted by molar-refractivity contribution is 7.86. The lowest BCUT2D eigenvalue weighted by Gasteiger charge is -2.11. The first-order valence-electron chi connectivity index (χ1n) is 6.10. The van der Waals surface area contributed by atoms with Crippen molar-refractivity contribution >= 4 is 32.9 Å². The van der Waals surface area contributed by atoms with Crippen molar-refractivity contribution in [1.29, 1.82) is 0 Å². The first-order valence-corrected chi connectivity index (χ1v) is 7.54. The van der Waals surface area contributed by atoms with Gasteiger partial charge in [0.05, 0.1) is 15.9 Å². The van der Waals surface area contributed by atoms with Crippen LogP contribution in [0.15, 0.2) is 41.3 Å². The van der Waals surface area contributed by atoms with Crippen molar-refractivity contribution in [1.82, 2.24) is 0 Å². The lowest BCUT2D eigenvalue weighted by molar-refractivity contribution is -0.393. The number of phenolic OH excluding ortho intramolecular Hbond substituents is 1. The Kier molecular flexibility index (Phi) is 4.35. The summed E-state index contributed by atoms with van der Waals surface area (Å²) in [6.45, 7) is 0. The van der Waals surface area contributed by atoms with Crippen molar-refractivity contribution in [3.05, 3.63) is 56.6 Å². The predicted molar refractivity (Wildman–Crippen MR) is 81.0 cm³/mol. The van der Waals surface area contributed by atoms with Gasteiger partial charge in [-0.3, -0.25) is 24.8 Å². The maximum atomic E-state index is 11.5. The maximum absolute atomic E-state index is 11.5. The number of rotatable bonds is 5. The van der Waals surface area contributed by atoms with E-state index < -0.39 is 41.9 Å². The fourth-order valence-corrected chi connectivity index (χ4v) is 2.54. The van der Waals surface area contributed by atoms with E-state index in [-0.39, 0.29) is 11.4 Å². The Morgan fingerprint density at radius 2 is 1.58 bits per heavy atom. The van der Waals surface area contributed by atoms with Crippen LogP contribution in [-0.4, -0.2) is 27.9 Å². The summed E-state index contributed by atoms with van der Waals surface area (Å²) in [6.07, 6.45) is 0. The average molecular weight is 355 g/mol. The quantitative estimate of drug-likeness (QED) is 0.314. The molecule has 0 aliphatic rings. The van der Waals surface area contributed by atoms with Crippen LogP contribution >= 0.6 is 0 Å². The van der Waals surface area contributed by atoms with Crippen LogP contribution in [0.25, 0.3) is 0 Å². The average Bonchev–Trinajstić information content (AvgIpc) is 2.48. The second kappa shape index (κ2) is 6.10. The Balaban J connectivity index is 2.73. The highest BCUT2D eigenvalue weighted by Crippen LogP contribution is 2.38. The number of nitro groups is 2. The van der Waals surface area contributed by atoms with Gasteiger partial charge in [-0.15, -0.1) is 0 Å². The standard InChI is InChI=1S/C12H9N3O8S/c16-9-3-1-7(2-4-9)13-12-10(15(19)20)5-8(14(17)18)6-11(12)24(21,22)23/h1-6,13,16H,(H,21,22,23). The number of nitrogens with one attached hydrogen (secondary N) is 1. The van der Waals surface area contributed by atoms with Crippen molar-refractivity contribution in [3.8, 4) is 5.75 Å². The normalized spacial score (nSPS) is 11.0. The van der Waals surface area contributed by atoms with Gasteiger partial charge in [0.15, 0.2) is 0 Å². The third-order valence-electron chi connectivity index (χ3n) is 2.89. The van der Waals surface area contributed by atoms with Gasteiger partial charge in [0.1, 0.15) is 16.3 Å². The van der Waals surface area contributed by atoms with Gasteiger partial charge < -0.3 is 10.4 Å². The number of anilines is 2. The zero-order valence-corrected chi connectivity index (χ0v) is 12.4. The summed E-state index contributed by atoms with van der Waals surface area (Å²) in [7, 11) is -4.99. The minimum Gasteiger partial charge on any atom is -0.508 e. The fraction of sp³-hybridized carbons (Fsp3) is 0. The molecule has 2 rings (SSSR count). The lowest BCUT2D eigenvalue weighted by atomic mass is 10.2. The van der Waals surface area contributed by atoms with Gasteiger partial charge in [0.25, 0.3) is 15.8 Å². The summed E-state index contributed by atoms with van der Waals surface area (Å²) in [5.41, 5.74) is -2.27. The highest BCUT2D eigenvalue weighted by Gasteiger charge is 2.30. The van der Waals surface area contributed by atoms with Gasteiger partial charge in [-0.2, -0.15) is 8.42 Å². The van der Waals surface area contributed by atoms with Crippen LogP contribution in [0.5, 0.6) is 5.75 Å². The molecular weight excluding hydrogens is 346 g/mol. The Morgan fingerprint density at radius 3 is 2.04 bits per heavy atom. The molecule has 0 fully saturated rings. The third-order valence-corrected chi connectivity index (χ3v) is 3.77. The van der Waals surface area contributed by atoms with Crippen molar-refractivity contribution in [2.75, 3.05) is 5.32 Å². The number of aromatic hydroxyl groups is 1. The molecule has 0 amide bonds. The molecule has 0 heterocycles. The molecule has 0 saturated carbocycles. The largest absolute Gasteiger partial charge is 0.508 e. The van der Waals surface area contributed by atoms with E-state index in [9.17, 15) is 38.3 Å². The maximum Gasteiger partial charge on any atom is 0.300 e. The van der Waals surface area contributed by atoms with Crippen LogP contribution in [0.1, 0.15) is 0 Å². The van der Waals surface area contributed by atoms with Gasteiger partial charge in [0, 0.05) is 11.8 Å². The van der Waals surface area contributed by atoms with Crippen LogP contribution in [0.3, 0.4) is 0 Å². The molecule has 12 heteroatoms. The molecule has 0 saturated heterocycles. The van der Waals surface area contributed by atoms with Gasteiger partial charge in [-0.05, 0) is 24.3 Å². The highest BCUT2D eigenvalue weighted by atomic mass is 32.2. The molecule has 2 aromatic rings. The number of nitro benzene ring substituents is 2. The molecule has 0 aliphatic carbocycles. The molecule has 0 unspecified atom stereocenters. The summed E-state index contributed by atoms with van der Waals surface area (Å²) in [6, 6.07) is 6.10. The lowest BCUT2D eigenvalue weighted by Crippen LogP contribution is -2.07. The summed E-state index contributed by atoms with van der Waals surface area (Å²) < 4.78 is 32.2. The van der Waals surface area contributed by atoms with E-state index in [1.54, 1.807) is 0 Å². The summed E-state index contributed by atoms with van der Waals surface area (Å²) in [5.74, 6) is -0.103. The number of benzene rings is 2. The minimum atomic E-state index is -4.99.